The van der Waals surface area contributed by atoms with Crippen LogP contribution in [0.15, 0.2) is 69.9 Å². The molecule has 0 aliphatic carbocycles. The van der Waals surface area contributed by atoms with Gasteiger partial charge in [0.2, 0.25) is 5.89 Å². The minimum atomic E-state index is -0.718. The third-order valence-corrected chi connectivity index (χ3v) is 4.86. The molecule has 31 heavy (non-hydrogen) atoms. The lowest BCUT2D eigenvalue weighted by Crippen LogP contribution is -2.44. The standard InChI is InChI=1S/C24H27N3O4/c1-17(2)15-20(25-23(29)19-11-7-4-8-12-19)21(28)16-27-24(30)31-22(26-27)14-13-18-9-5-3-6-10-18/h3-12,17,20H,13-16H2,1-2H3,(H,25,29)/t20-/m0/s1. The molecule has 0 aliphatic rings. The lowest BCUT2D eigenvalue weighted by Gasteiger charge is -2.19. The van der Waals surface area contributed by atoms with Crippen LogP contribution in [0.1, 0.15) is 42.1 Å². The predicted molar refractivity (Wildman–Crippen MR) is 117 cm³/mol. The van der Waals surface area contributed by atoms with E-state index in [2.05, 4.69) is 10.4 Å². The van der Waals surface area contributed by atoms with Gasteiger partial charge in [0, 0.05) is 12.0 Å². The number of nitrogens with one attached hydrogen (secondary N) is 1. The summed E-state index contributed by atoms with van der Waals surface area (Å²) in [4.78, 5) is 37.6. The molecule has 1 atom stereocenters. The molecule has 0 spiro atoms. The lowest BCUT2D eigenvalue weighted by molar-refractivity contribution is -0.122. The van der Waals surface area contributed by atoms with Crippen molar-refractivity contribution in [3.8, 4) is 0 Å². The van der Waals surface area contributed by atoms with Crippen molar-refractivity contribution in [2.75, 3.05) is 0 Å². The number of carbonyl (C=O) groups is 2. The summed E-state index contributed by atoms with van der Waals surface area (Å²) in [6.45, 7) is 3.69. The van der Waals surface area contributed by atoms with Crippen LogP contribution in [0.25, 0.3) is 0 Å². The van der Waals surface area contributed by atoms with Gasteiger partial charge in [-0.1, -0.05) is 62.4 Å². The minimum absolute atomic E-state index is 0.181. The van der Waals surface area contributed by atoms with E-state index in [4.69, 9.17) is 4.42 Å². The molecule has 0 fully saturated rings. The zero-order valence-electron chi connectivity index (χ0n) is 17.8. The number of ketones is 1. The fourth-order valence-corrected chi connectivity index (χ4v) is 3.28. The highest BCUT2D eigenvalue weighted by Crippen LogP contribution is 2.09. The molecular weight excluding hydrogens is 394 g/mol. The molecule has 0 saturated heterocycles. The van der Waals surface area contributed by atoms with Crippen LogP contribution < -0.4 is 11.1 Å². The molecule has 162 valence electrons. The van der Waals surface area contributed by atoms with Crippen LogP contribution in [0.5, 0.6) is 0 Å². The Labute approximate surface area is 181 Å². The number of amides is 1. The molecule has 7 nitrogen and oxygen atoms in total. The van der Waals surface area contributed by atoms with Gasteiger partial charge in [-0.3, -0.25) is 9.59 Å². The van der Waals surface area contributed by atoms with Crippen molar-refractivity contribution in [3.63, 3.8) is 0 Å². The molecule has 0 saturated carbocycles. The van der Waals surface area contributed by atoms with Gasteiger partial charge >= 0.3 is 5.76 Å². The Morgan fingerprint density at radius 3 is 2.29 bits per heavy atom. The van der Waals surface area contributed by atoms with E-state index in [1.807, 2.05) is 50.2 Å². The molecule has 1 heterocycles. The van der Waals surface area contributed by atoms with Crippen LogP contribution in [0.2, 0.25) is 0 Å². The molecule has 3 aromatic rings. The van der Waals surface area contributed by atoms with E-state index in [0.717, 1.165) is 10.2 Å². The summed E-state index contributed by atoms with van der Waals surface area (Å²) in [5.41, 5.74) is 1.59. The van der Waals surface area contributed by atoms with Gasteiger partial charge in [-0.25, -0.2) is 4.79 Å². The number of hydrogen-bond acceptors (Lipinski definition) is 5. The Balaban J connectivity index is 1.66. The molecular formula is C24H27N3O4. The molecule has 1 N–H and O–H groups in total. The Morgan fingerprint density at radius 2 is 1.65 bits per heavy atom. The Hall–Kier alpha value is -3.48. The number of carbonyl (C=O) groups excluding carboxylic acids is 2. The molecule has 2 aromatic carbocycles. The van der Waals surface area contributed by atoms with Crippen LogP contribution in [0.4, 0.5) is 0 Å². The molecule has 0 aliphatic heterocycles. The van der Waals surface area contributed by atoms with Gasteiger partial charge in [0.1, 0.15) is 6.54 Å². The maximum atomic E-state index is 12.9. The van der Waals surface area contributed by atoms with E-state index in [-0.39, 0.29) is 30.0 Å². The molecule has 1 amide bonds. The zero-order chi connectivity index (χ0) is 22.2. The maximum absolute atomic E-state index is 12.9. The number of hydrogen-bond donors (Lipinski definition) is 1. The van der Waals surface area contributed by atoms with E-state index in [0.29, 0.717) is 24.8 Å². The highest BCUT2D eigenvalue weighted by atomic mass is 16.4. The van der Waals surface area contributed by atoms with Gasteiger partial charge in [-0.05, 0) is 36.5 Å². The second-order valence-corrected chi connectivity index (χ2v) is 7.89. The van der Waals surface area contributed by atoms with Crippen LogP contribution in [-0.4, -0.2) is 27.5 Å². The monoisotopic (exact) mass is 421 g/mol. The highest BCUT2D eigenvalue weighted by Gasteiger charge is 2.24. The molecule has 3 rings (SSSR count). The quantitative estimate of drug-likeness (QED) is 0.543. The van der Waals surface area contributed by atoms with Gasteiger partial charge in [0.25, 0.3) is 5.91 Å². The summed E-state index contributed by atoms with van der Waals surface area (Å²) in [5.74, 6) is -0.816. The van der Waals surface area contributed by atoms with Crippen molar-refractivity contribution in [1.29, 1.82) is 0 Å². The Morgan fingerprint density at radius 1 is 1.00 bits per heavy atom. The zero-order valence-corrected chi connectivity index (χ0v) is 17.8. The molecule has 1 aromatic heterocycles. The summed E-state index contributed by atoms with van der Waals surface area (Å²) in [6, 6.07) is 17.8. The van der Waals surface area contributed by atoms with Gasteiger partial charge in [-0.2, -0.15) is 4.68 Å². The summed E-state index contributed by atoms with van der Waals surface area (Å²) < 4.78 is 6.24. The first kappa shape index (κ1) is 22.2. The van der Waals surface area contributed by atoms with Crippen LogP contribution in [-0.2, 0) is 24.2 Å². The third-order valence-electron chi connectivity index (χ3n) is 4.86. The van der Waals surface area contributed by atoms with Crippen LogP contribution >= 0.6 is 0 Å². The van der Waals surface area contributed by atoms with Crippen molar-refractivity contribution in [2.24, 2.45) is 5.92 Å². The smallest absolute Gasteiger partial charge is 0.392 e. The summed E-state index contributed by atoms with van der Waals surface area (Å²) >= 11 is 0. The van der Waals surface area contributed by atoms with E-state index in [1.165, 1.54) is 0 Å². The van der Waals surface area contributed by atoms with Crippen LogP contribution in [0.3, 0.4) is 0 Å². The lowest BCUT2D eigenvalue weighted by atomic mass is 9.99. The number of aryl methyl sites for hydroxylation is 2. The summed E-state index contributed by atoms with van der Waals surface area (Å²) in [5, 5.41) is 6.96. The number of nitrogens with zero attached hydrogens (tertiary/aromatic N) is 2. The average molecular weight is 421 g/mol. The van der Waals surface area contributed by atoms with E-state index in [1.54, 1.807) is 24.3 Å². The molecule has 0 bridgehead atoms. The third kappa shape index (κ3) is 6.50. The Bertz CT molecular complexity index is 1060. The first-order chi connectivity index (χ1) is 14.9. The van der Waals surface area contributed by atoms with Crippen molar-refractivity contribution in [1.82, 2.24) is 15.1 Å². The van der Waals surface area contributed by atoms with Gasteiger partial charge in [0.05, 0.1) is 6.04 Å². The maximum Gasteiger partial charge on any atom is 0.437 e. The Kier molecular flexibility index (Phi) is 7.54. The van der Waals surface area contributed by atoms with Gasteiger partial charge in [-0.15, -0.1) is 5.10 Å². The van der Waals surface area contributed by atoms with E-state index in [9.17, 15) is 14.4 Å². The van der Waals surface area contributed by atoms with Gasteiger partial charge < -0.3 is 9.73 Å². The van der Waals surface area contributed by atoms with E-state index < -0.39 is 11.8 Å². The van der Waals surface area contributed by atoms with Crippen molar-refractivity contribution in [2.45, 2.75) is 45.7 Å². The average Bonchev–Trinajstić information content (AvgIpc) is 3.12. The fourth-order valence-electron chi connectivity index (χ4n) is 3.28. The second kappa shape index (κ2) is 10.5. The minimum Gasteiger partial charge on any atom is -0.392 e. The number of aromatic nitrogens is 2. The first-order valence-corrected chi connectivity index (χ1v) is 10.4. The topological polar surface area (TPSA) is 94.2 Å². The highest BCUT2D eigenvalue weighted by molar-refractivity contribution is 5.97. The van der Waals surface area contributed by atoms with E-state index >= 15 is 0 Å². The predicted octanol–water partition coefficient (Wildman–Crippen LogP) is 3.04. The van der Waals surface area contributed by atoms with Crippen molar-refractivity contribution < 1.29 is 14.0 Å². The molecule has 0 unspecified atom stereocenters. The number of benzene rings is 2. The SMILES string of the molecule is CC(C)C[C@H](NC(=O)c1ccccc1)C(=O)Cn1nc(CCc2ccccc2)oc1=O. The second-order valence-electron chi connectivity index (χ2n) is 7.89. The van der Waals surface area contributed by atoms with Crippen LogP contribution in [0, 0.1) is 5.92 Å². The normalized spacial score (nSPS) is 12.0. The molecule has 0 radical (unpaired) electrons. The number of Topliss-reactive ketones (excluding diaryl/α,β-unsaturated/α-hetero) is 1. The number of rotatable bonds is 10. The summed E-state index contributed by atoms with van der Waals surface area (Å²) in [6.07, 6.45) is 1.60. The van der Waals surface area contributed by atoms with Gasteiger partial charge in [0.15, 0.2) is 5.78 Å². The fraction of sp³-hybridized carbons (Fsp3) is 0.333. The summed E-state index contributed by atoms with van der Waals surface area (Å²) in [7, 11) is 0. The molecule has 7 heteroatoms. The van der Waals surface area contributed by atoms with Crippen molar-refractivity contribution in [3.05, 3.63) is 88.2 Å². The largest absolute Gasteiger partial charge is 0.437 e. The van der Waals surface area contributed by atoms with Crippen molar-refractivity contribution >= 4 is 11.7 Å². The first-order valence-electron chi connectivity index (χ1n) is 10.4.